The van der Waals surface area contributed by atoms with Gasteiger partial charge in [-0.05, 0) is 35.4 Å². The first kappa shape index (κ1) is 15.5. The minimum atomic E-state index is -0.166. The fourth-order valence-corrected chi connectivity index (χ4v) is 3.11. The Morgan fingerprint density at radius 3 is 2.44 bits per heavy atom. The van der Waals surface area contributed by atoms with Crippen LogP contribution in [-0.4, -0.2) is 5.91 Å². The maximum atomic E-state index is 12.4. The predicted octanol–water partition coefficient (Wildman–Crippen LogP) is 5.01. The van der Waals surface area contributed by atoms with Crippen LogP contribution < -0.4 is 5.32 Å². The molecule has 124 valence electrons. The number of para-hydroxylation sites is 1. The monoisotopic (exact) mass is 329 g/mol. The molecule has 1 aromatic heterocycles. The molecule has 1 heterocycles. The molecule has 1 N–H and O–H groups in total. The number of benzene rings is 3. The van der Waals surface area contributed by atoms with E-state index in [1.807, 2.05) is 55.5 Å². The number of nitrogens with one attached hydrogen (secondary N) is 1. The third-order valence-electron chi connectivity index (χ3n) is 4.43. The van der Waals surface area contributed by atoms with Gasteiger partial charge in [-0.15, -0.1) is 0 Å². The van der Waals surface area contributed by atoms with Gasteiger partial charge in [0.15, 0.2) is 0 Å². The molecule has 0 radical (unpaired) electrons. The van der Waals surface area contributed by atoms with Crippen LogP contribution in [0.15, 0.2) is 77.2 Å². The van der Waals surface area contributed by atoms with Crippen LogP contribution in [0.3, 0.4) is 0 Å². The number of fused-ring (bicyclic) bond motifs is 2. The Balaban J connectivity index is 1.46. The van der Waals surface area contributed by atoms with Gasteiger partial charge < -0.3 is 9.73 Å². The summed E-state index contributed by atoms with van der Waals surface area (Å²) in [5.41, 5.74) is 1.85. The summed E-state index contributed by atoms with van der Waals surface area (Å²) in [5, 5.41) is 6.40. The minimum Gasteiger partial charge on any atom is -0.459 e. The third kappa shape index (κ3) is 3.26. The average molecular weight is 329 g/mol. The summed E-state index contributed by atoms with van der Waals surface area (Å²) in [7, 11) is 0. The van der Waals surface area contributed by atoms with Crippen molar-refractivity contribution in [2.45, 2.75) is 19.4 Å². The van der Waals surface area contributed by atoms with E-state index in [1.165, 1.54) is 5.39 Å². The van der Waals surface area contributed by atoms with Crippen molar-refractivity contribution in [2.75, 3.05) is 0 Å². The van der Waals surface area contributed by atoms with Crippen LogP contribution in [0.5, 0.6) is 0 Å². The zero-order valence-corrected chi connectivity index (χ0v) is 14.0. The quantitative estimate of drug-likeness (QED) is 0.572. The molecule has 4 rings (SSSR count). The summed E-state index contributed by atoms with van der Waals surface area (Å²) in [6.45, 7) is 1.94. The molecule has 0 aliphatic rings. The van der Waals surface area contributed by atoms with E-state index in [1.54, 1.807) is 0 Å². The summed E-state index contributed by atoms with van der Waals surface area (Å²) < 4.78 is 5.82. The molecule has 0 spiro atoms. The molecule has 0 saturated carbocycles. The van der Waals surface area contributed by atoms with Gasteiger partial charge in [-0.1, -0.05) is 60.7 Å². The lowest BCUT2D eigenvalue weighted by Crippen LogP contribution is -2.27. The topological polar surface area (TPSA) is 42.2 Å². The van der Waals surface area contributed by atoms with E-state index >= 15 is 0 Å². The lowest BCUT2D eigenvalue weighted by atomic mass is 10.0. The van der Waals surface area contributed by atoms with Gasteiger partial charge in [-0.3, -0.25) is 4.79 Å². The molecule has 0 saturated heterocycles. The number of rotatable bonds is 4. The Kier molecular flexibility index (Phi) is 3.98. The fraction of sp³-hybridized carbons (Fsp3) is 0.136. The second-order valence-electron chi connectivity index (χ2n) is 6.33. The van der Waals surface area contributed by atoms with E-state index in [0.717, 1.165) is 27.7 Å². The van der Waals surface area contributed by atoms with Gasteiger partial charge in [0.05, 0.1) is 12.5 Å². The molecule has 4 aromatic rings. The summed E-state index contributed by atoms with van der Waals surface area (Å²) in [6, 6.07) is 24.0. The smallest absolute Gasteiger partial charge is 0.224 e. The SMILES string of the molecule is C[C@H](NC(=O)Cc1ccc2ccccc2c1)c1cc2ccccc2o1. The normalized spacial score (nSPS) is 12.4. The van der Waals surface area contributed by atoms with E-state index in [4.69, 9.17) is 4.42 Å². The van der Waals surface area contributed by atoms with Crippen molar-refractivity contribution < 1.29 is 9.21 Å². The summed E-state index contributed by atoms with van der Waals surface area (Å²) in [5.74, 6) is 0.760. The third-order valence-corrected chi connectivity index (χ3v) is 4.43. The molecular formula is C22H19NO2. The van der Waals surface area contributed by atoms with Crippen molar-refractivity contribution in [2.24, 2.45) is 0 Å². The first-order valence-electron chi connectivity index (χ1n) is 8.44. The first-order valence-corrected chi connectivity index (χ1v) is 8.44. The molecule has 3 heteroatoms. The van der Waals surface area contributed by atoms with Crippen molar-refractivity contribution >= 4 is 27.6 Å². The number of amides is 1. The number of furan rings is 1. The van der Waals surface area contributed by atoms with Gasteiger partial charge in [0.1, 0.15) is 11.3 Å². The van der Waals surface area contributed by atoms with E-state index < -0.39 is 0 Å². The van der Waals surface area contributed by atoms with E-state index in [9.17, 15) is 4.79 Å². The Morgan fingerprint density at radius 1 is 0.920 bits per heavy atom. The van der Waals surface area contributed by atoms with Crippen molar-refractivity contribution in [1.82, 2.24) is 5.32 Å². The molecular weight excluding hydrogens is 310 g/mol. The summed E-state index contributed by atoms with van der Waals surface area (Å²) in [6.07, 6.45) is 0.357. The number of hydrogen-bond donors (Lipinski definition) is 1. The fourth-order valence-electron chi connectivity index (χ4n) is 3.11. The molecule has 3 nitrogen and oxygen atoms in total. The maximum absolute atomic E-state index is 12.4. The van der Waals surface area contributed by atoms with Crippen LogP contribution in [0.1, 0.15) is 24.3 Å². The molecule has 0 unspecified atom stereocenters. The molecule has 0 aliphatic carbocycles. The van der Waals surface area contributed by atoms with E-state index in [0.29, 0.717) is 6.42 Å². The van der Waals surface area contributed by atoms with Gasteiger partial charge in [0.2, 0.25) is 5.91 Å². The Labute approximate surface area is 146 Å². The van der Waals surface area contributed by atoms with Gasteiger partial charge in [0.25, 0.3) is 0 Å². The summed E-state index contributed by atoms with van der Waals surface area (Å²) in [4.78, 5) is 12.4. The molecule has 0 fully saturated rings. The van der Waals surface area contributed by atoms with Crippen molar-refractivity contribution in [3.8, 4) is 0 Å². The molecule has 3 aromatic carbocycles. The molecule has 1 amide bonds. The van der Waals surface area contributed by atoms with Crippen LogP contribution in [0, 0.1) is 0 Å². The number of carbonyl (C=O) groups excluding carboxylic acids is 1. The highest BCUT2D eigenvalue weighted by Gasteiger charge is 2.14. The first-order chi connectivity index (χ1) is 12.2. The van der Waals surface area contributed by atoms with Crippen molar-refractivity contribution in [3.63, 3.8) is 0 Å². The van der Waals surface area contributed by atoms with Crippen LogP contribution in [0.25, 0.3) is 21.7 Å². The number of hydrogen-bond acceptors (Lipinski definition) is 2. The molecule has 0 bridgehead atoms. The molecule has 25 heavy (non-hydrogen) atoms. The van der Waals surface area contributed by atoms with Gasteiger partial charge in [-0.2, -0.15) is 0 Å². The molecule has 1 atom stereocenters. The lowest BCUT2D eigenvalue weighted by molar-refractivity contribution is -0.121. The second-order valence-corrected chi connectivity index (χ2v) is 6.33. The van der Waals surface area contributed by atoms with Crippen LogP contribution in [0.4, 0.5) is 0 Å². The highest BCUT2D eigenvalue weighted by molar-refractivity contribution is 5.85. The zero-order chi connectivity index (χ0) is 17.2. The van der Waals surface area contributed by atoms with Crippen LogP contribution in [0.2, 0.25) is 0 Å². The van der Waals surface area contributed by atoms with Crippen molar-refractivity contribution in [1.29, 1.82) is 0 Å². The van der Waals surface area contributed by atoms with Crippen molar-refractivity contribution in [3.05, 3.63) is 84.1 Å². The van der Waals surface area contributed by atoms with Gasteiger partial charge in [-0.25, -0.2) is 0 Å². The highest BCUT2D eigenvalue weighted by atomic mass is 16.3. The van der Waals surface area contributed by atoms with E-state index in [2.05, 4.69) is 29.6 Å². The summed E-state index contributed by atoms with van der Waals surface area (Å²) >= 11 is 0. The van der Waals surface area contributed by atoms with Gasteiger partial charge in [0, 0.05) is 5.39 Å². The lowest BCUT2D eigenvalue weighted by Gasteiger charge is -2.11. The Bertz CT molecular complexity index is 1010. The standard InChI is InChI=1S/C22H19NO2/c1-15(21-14-19-8-4-5-9-20(19)25-21)23-22(24)13-16-10-11-17-6-2-3-7-18(17)12-16/h2-12,14-15H,13H2,1H3,(H,23,24)/t15-/m0/s1. The molecule has 0 aliphatic heterocycles. The average Bonchev–Trinajstić information content (AvgIpc) is 3.06. The highest BCUT2D eigenvalue weighted by Crippen LogP contribution is 2.23. The van der Waals surface area contributed by atoms with Gasteiger partial charge >= 0.3 is 0 Å². The largest absolute Gasteiger partial charge is 0.459 e. The Hall–Kier alpha value is -3.07. The predicted molar refractivity (Wildman–Crippen MR) is 100 cm³/mol. The van der Waals surface area contributed by atoms with Crippen LogP contribution >= 0.6 is 0 Å². The van der Waals surface area contributed by atoms with E-state index in [-0.39, 0.29) is 11.9 Å². The van der Waals surface area contributed by atoms with Crippen LogP contribution in [-0.2, 0) is 11.2 Å². The second kappa shape index (κ2) is 6.44. The number of carbonyl (C=O) groups is 1. The minimum absolute atomic E-state index is 0.0109. The maximum Gasteiger partial charge on any atom is 0.224 e. The Morgan fingerprint density at radius 2 is 1.64 bits per heavy atom. The zero-order valence-electron chi connectivity index (χ0n) is 14.0.